The molecule has 3 N–H and O–H groups in total. The Balaban J connectivity index is 1.32. The van der Waals surface area contributed by atoms with E-state index < -0.39 is 130 Å². The summed E-state index contributed by atoms with van der Waals surface area (Å²) in [4.78, 5) is 66.8. The summed E-state index contributed by atoms with van der Waals surface area (Å²) in [6.07, 6.45) is -4.22. The van der Waals surface area contributed by atoms with Crippen LogP contribution in [0.15, 0.2) is 23.8 Å². The number of carbonyl (C=O) groups is 3. The Labute approximate surface area is 296 Å². The van der Waals surface area contributed by atoms with Gasteiger partial charge >= 0.3 is 11.9 Å². The highest BCUT2D eigenvalue weighted by Gasteiger charge is 2.80. The summed E-state index contributed by atoms with van der Waals surface area (Å²) < 4.78 is 62.8. The number of methoxy groups -OCH3 is 1. The molecule has 5 rings (SSSR count). The van der Waals surface area contributed by atoms with E-state index in [9.17, 15) is 39.7 Å². The molecule has 52 heavy (non-hydrogen) atoms. The van der Waals surface area contributed by atoms with Gasteiger partial charge in [-0.05, 0) is 63.7 Å². The number of nitrogens with zero attached hydrogens (tertiary/aromatic N) is 2. The number of hydrogen-bond acceptors (Lipinski definition) is 16. The van der Waals surface area contributed by atoms with Crippen LogP contribution < -0.4 is 5.73 Å². The minimum atomic E-state index is -2.35. The number of fused-ring (bicyclic) bond motifs is 7. The van der Waals surface area contributed by atoms with Crippen LogP contribution in [0.1, 0.15) is 53.4 Å². The van der Waals surface area contributed by atoms with E-state index >= 15 is 8.78 Å². The van der Waals surface area contributed by atoms with Crippen molar-refractivity contribution in [1.29, 1.82) is 0 Å². The number of allylic oxidation sites excluding steroid dienone is 4. The zero-order valence-corrected chi connectivity index (χ0v) is 29.2. The third-order valence-corrected chi connectivity index (χ3v) is 11.6. The molecule has 1 aliphatic heterocycles. The van der Waals surface area contributed by atoms with Crippen LogP contribution in [0.5, 0.6) is 0 Å². The molecule has 4 fully saturated rings. The minimum Gasteiger partial charge on any atom is -0.463 e. The predicted octanol–water partition coefficient (Wildman–Crippen LogP) is 1.41. The number of alkyl halides is 2. The second-order valence-electron chi connectivity index (χ2n) is 14.8. The first-order chi connectivity index (χ1) is 24.1. The van der Waals surface area contributed by atoms with Crippen molar-refractivity contribution in [3.8, 4) is 0 Å². The van der Waals surface area contributed by atoms with Crippen LogP contribution in [0.25, 0.3) is 0 Å². The van der Waals surface area contributed by atoms with Gasteiger partial charge in [0.1, 0.15) is 43.7 Å². The van der Waals surface area contributed by atoms with Crippen molar-refractivity contribution in [2.45, 2.75) is 107 Å². The maximum Gasteiger partial charge on any atom is 0.323 e. The van der Waals surface area contributed by atoms with E-state index in [-0.39, 0.29) is 24.8 Å². The quantitative estimate of drug-likeness (QED) is 0.145. The van der Waals surface area contributed by atoms with Gasteiger partial charge in [0, 0.05) is 23.9 Å². The summed E-state index contributed by atoms with van der Waals surface area (Å²) in [6, 6.07) is -1.62. The smallest absolute Gasteiger partial charge is 0.323 e. The molecular formula is C32H43F2N3O15. The molecule has 0 aromatic heterocycles. The highest BCUT2D eigenvalue weighted by atomic mass is 19.1. The monoisotopic (exact) mass is 747 g/mol. The van der Waals surface area contributed by atoms with Crippen molar-refractivity contribution in [1.82, 2.24) is 0 Å². The van der Waals surface area contributed by atoms with Crippen molar-refractivity contribution in [2.75, 3.05) is 26.9 Å². The Morgan fingerprint density at radius 1 is 1.10 bits per heavy atom. The van der Waals surface area contributed by atoms with Crippen molar-refractivity contribution >= 4 is 17.7 Å². The molecule has 0 aromatic rings. The van der Waals surface area contributed by atoms with Gasteiger partial charge < -0.3 is 44.2 Å². The summed E-state index contributed by atoms with van der Waals surface area (Å²) in [5, 5.41) is 30.4. The SMILES string of the molecule is COC(COC(=O)C[C@H](N)C(=O)OCC(CO[N+](=O)[O-])O[N+](=O)[O-])[C@]12OC(C)(C)OC1CC1C3C[C@H](F)C4=CC(=O)C=C[C@]4(C)[C@@]3(F)[C@@H](O)C[C@@]12C. The van der Waals surface area contributed by atoms with Crippen molar-refractivity contribution in [2.24, 2.45) is 28.4 Å². The first kappa shape index (κ1) is 39.4. The molecule has 0 aromatic carbocycles. The molecule has 18 nitrogen and oxygen atoms in total. The van der Waals surface area contributed by atoms with Gasteiger partial charge in [0.05, 0.1) is 18.6 Å². The normalized spacial score (nSPS) is 38.7. The molecule has 12 atom stereocenters. The summed E-state index contributed by atoms with van der Waals surface area (Å²) in [6.45, 7) is 4.34. The summed E-state index contributed by atoms with van der Waals surface area (Å²) in [5.74, 6) is -5.52. The topological polar surface area (TPSA) is 248 Å². The molecule has 0 amide bonds. The highest BCUT2D eigenvalue weighted by molar-refractivity contribution is 6.01. The molecule has 5 aliphatic rings. The highest BCUT2D eigenvalue weighted by Crippen LogP contribution is 2.73. The van der Waals surface area contributed by atoms with Crippen LogP contribution in [0.4, 0.5) is 8.78 Å². The van der Waals surface area contributed by atoms with Crippen LogP contribution in [-0.4, -0.2) is 114 Å². The number of rotatable bonds is 14. The van der Waals surface area contributed by atoms with Crippen molar-refractivity contribution in [3.05, 3.63) is 44.0 Å². The lowest BCUT2D eigenvalue weighted by atomic mass is 9.44. The van der Waals surface area contributed by atoms with Crippen molar-refractivity contribution in [3.63, 3.8) is 0 Å². The third kappa shape index (κ3) is 6.41. The zero-order valence-electron chi connectivity index (χ0n) is 29.2. The van der Waals surface area contributed by atoms with E-state index in [1.54, 1.807) is 20.8 Å². The molecule has 4 aliphatic carbocycles. The number of ketones is 1. The molecule has 1 heterocycles. The maximum absolute atomic E-state index is 17.7. The Kier molecular flexibility index (Phi) is 10.5. The zero-order chi connectivity index (χ0) is 38.6. The molecule has 0 bridgehead atoms. The summed E-state index contributed by atoms with van der Waals surface area (Å²) in [5.41, 5.74) is -0.767. The third-order valence-electron chi connectivity index (χ3n) is 11.6. The Morgan fingerprint density at radius 2 is 1.79 bits per heavy atom. The number of halogens is 2. The lowest BCUT2D eigenvalue weighted by Gasteiger charge is -2.63. The summed E-state index contributed by atoms with van der Waals surface area (Å²) >= 11 is 0. The second kappa shape index (κ2) is 13.9. The first-order valence-corrected chi connectivity index (χ1v) is 16.7. The Hall–Kier alpha value is -3.85. The van der Waals surface area contributed by atoms with E-state index in [1.165, 1.54) is 26.2 Å². The van der Waals surface area contributed by atoms with E-state index in [2.05, 4.69) is 9.68 Å². The average molecular weight is 748 g/mol. The van der Waals surface area contributed by atoms with Crippen LogP contribution >= 0.6 is 0 Å². The molecule has 0 radical (unpaired) electrons. The van der Waals surface area contributed by atoms with Crippen LogP contribution in [-0.2, 0) is 47.7 Å². The number of hydrogen-bond donors (Lipinski definition) is 2. The van der Waals surface area contributed by atoms with Gasteiger partial charge in [-0.25, -0.2) is 8.78 Å². The Bertz CT molecular complexity index is 1550. The van der Waals surface area contributed by atoms with Gasteiger partial charge in [0.25, 0.3) is 10.2 Å². The van der Waals surface area contributed by atoms with Gasteiger partial charge in [0.15, 0.2) is 23.3 Å². The average Bonchev–Trinajstić information content (AvgIpc) is 3.45. The number of ether oxygens (including phenoxy) is 5. The molecule has 1 saturated heterocycles. The van der Waals surface area contributed by atoms with E-state index in [0.717, 1.165) is 6.08 Å². The number of carbonyl (C=O) groups excluding carboxylic acids is 3. The number of nitrogens with two attached hydrogens (primary N) is 1. The molecule has 3 saturated carbocycles. The molecule has 20 heteroatoms. The fourth-order valence-corrected chi connectivity index (χ4v) is 9.46. The van der Waals surface area contributed by atoms with Crippen LogP contribution in [0.2, 0.25) is 0 Å². The molecular weight excluding hydrogens is 704 g/mol. The van der Waals surface area contributed by atoms with Gasteiger partial charge in [0.2, 0.25) is 0 Å². The number of aliphatic hydroxyl groups is 1. The van der Waals surface area contributed by atoms with E-state index in [0.29, 0.717) is 0 Å². The van der Waals surface area contributed by atoms with Crippen LogP contribution in [0, 0.1) is 42.9 Å². The van der Waals surface area contributed by atoms with Crippen LogP contribution in [0.3, 0.4) is 0 Å². The van der Waals surface area contributed by atoms with Gasteiger partial charge in [-0.2, -0.15) is 0 Å². The predicted molar refractivity (Wildman–Crippen MR) is 167 cm³/mol. The van der Waals surface area contributed by atoms with E-state index in [4.69, 9.17) is 29.4 Å². The molecule has 290 valence electrons. The minimum absolute atomic E-state index is 0.0136. The number of aliphatic hydroxyl groups excluding tert-OH is 1. The lowest BCUT2D eigenvalue weighted by Crippen LogP contribution is -2.71. The van der Waals surface area contributed by atoms with Crippen molar-refractivity contribution < 1.29 is 71.8 Å². The number of esters is 2. The fourth-order valence-electron chi connectivity index (χ4n) is 9.46. The van der Waals surface area contributed by atoms with Gasteiger partial charge in [-0.1, -0.05) is 13.0 Å². The first-order valence-electron chi connectivity index (χ1n) is 16.7. The Morgan fingerprint density at radius 3 is 2.42 bits per heavy atom. The summed E-state index contributed by atoms with van der Waals surface area (Å²) in [7, 11) is 1.34. The van der Waals surface area contributed by atoms with E-state index in [1.807, 2.05) is 0 Å². The fraction of sp³-hybridized carbons (Fsp3) is 0.781. The molecule has 5 unspecified atom stereocenters. The maximum atomic E-state index is 17.7. The standard InChI is InChI=1S/C32H43F2N3O15/c1-28(2)50-24-10-18-19-9-21(33)20-8-16(38)6-7-29(20,3)31(19,34)23(39)12-30(18,4)32(24,52-28)25(46-5)15-47-26(40)11-22(35)27(41)48-13-17(51-37(44)45)14-49-36(42)43/h6-8,17-19,21-25,39H,9-15,35H2,1-5H3/t17?,18?,19?,21-,22-,23-,24?,25?,29-,30-,31-,32+/m0/s1. The van der Waals surface area contributed by atoms with Gasteiger partial charge in [-0.15, -0.1) is 20.2 Å². The van der Waals surface area contributed by atoms with Gasteiger partial charge in [-0.3, -0.25) is 14.4 Å². The molecule has 0 spiro atoms. The second-order valence-corrected chi connectivity index (χ2v) is 14.8. The largest absolute Gasteiger partial charge is 0.463 e. The lowest BCUT2D eigenvalue weighted by molar-refractivity contribution is -0.790.